The molecule has 0 aliphatic carbocycles. The van der Waals surface area contributed by atoms with E-state index in [1.54, 1.807) is 13.8 Å². The molecule has 1 amide bonds. The second-order valence-electron chi connectivity index (χ2n) is 6.88. The first kappa shape index (κ1) is 20.3. The monoisotopic (exact) mass is 396 g/mol. The van der Waals surface area contributed by atoms with E-state index in [4.69, 9.17) is 0 Å². The number of amides is 1. The van der Waals surface area contributed by atoms with Gasteiger partial charge in [-0.05, 0) is 37.3 Å². The lowest BCUT2D eigenvalue weighted by Gasteiger charge is -2.37. The summed E-state index contributed by atoms with van der Waals surface area (Å²) >= 11 is 0. The third kappa shape index (κ3) is 4.71. The Kier molecular flexibility index (Phi) is 6.11. The van der Waals surface area contributed by atoms with Crippen molar-refractivity contribution in [1.29, 1.82) is 0 Å². The predicted molar refractivity (Wildman–Crippen MR) is 111 cm³/mol. The first-order valence-corrected chi connectivity index (χ1v) is 9.53. The van der Waals surface area contributed by atoms with Gasteiger partial charge >= 0.3 is 5.97 Å². The molecule has 1 aromatic heterocycles. The minimum Gasteiger partial charge on any atom is -0.478 e. The molecule has 3 rings (SSSR count). The van der Waals surface area contributed by atoms with E-state index < -0.39 is 5.97 Å². The van der Waals surface area contributed by atoms with Gasteiger partial charge in [-0.3, -0.25) is 9.59 Å². The highest BCUT2D eigenvalue weighted by Gasteiger charge is 2.23. The molecule has 1 aromatic carbocycles. The van der Waals surface area contributed by atoms with Crippen LogP contribution in [-0.4, -0.2) is 53.9 Å². The molecular formula is C21H24N4O4. The zero-order valence-electron chi connectivity index (χ0n) is 16.5. The number of anilines is 3. The first-order chi connectivity index (χ1) is 13.9. The van der Waals surface area contributed by atoms with Crippen LogP contribution < -0.4 is 15.1 Å². The Morgan fingerprint density at radius 3 is 2.24 bits per heavy atom. The maximum absolute atomic E-state index is 11.7. The minimum absolute atomic E-state index is 0.0345. The Morgan fingerprint density at radius 2 is 1.69 bits per heavy atom. The zero-order chi connectivity index (χ0) is 21.0. The molecule has 0 radical (unpaired) electrons. The molecule has 2 N–H and O–H groups in total. The van der Waals surface area contributed by atoms with Crippen molar-refractivity contribution in [3.05, 3.63) is 47.7 Å². The van der Waals surface area contributed by atoms with Crippen molar-refractivity contribution in [1.82, 2.24) is 4.98 Å². The largest absolute Gasteiger partial charge is 0.478 e. The van der Waals surface area contributed by atoms with Crippen LogP contribution >= 0.6 is 0 Å². The average Bonchev–Trinajstić information content (AvgIpc) is 2.73. The summed E-state index contributed by atoms with van der Waals surface area (Å²) in [7, 11) is 0. The molecule has 0 atom stereocenters. The van der Waals surface area contributed by atoms with Gasteiger partial charge in [0.1, 0.15) is 11.4 Å². The molecule has 29 heavy (non-hydrogen) atoms. The van der Waals surface area contributed by atoms with Gasteiger partial charge < -0.3 is 20.2 Å². The van der Waals surface area contributed by atoms with E-state index in [-0.39, 0.29) is 17.3 Å². The topological polar surface area (TPSA) is 103 Å². The van der Waals surface area contributed by atoms with Gasteiger partial charge in [-0.25, -0.2) is 9.78 Å². The van der Waals surface area contributed by atoms with Crippen molar-refractivity contribution in [2.75, 3.05) is 41.3 Å². The van der Waals surface area contributed by atoms with Crippen LogP contribution in [0, 0.1) is 0 Å². The number of benzene rings is 1. The number of carbonyl (C=O) groups is 3. The van der Waals surface area contributed by atoms with Crippen LogP contribution in [0.5, 0.6) is 0 Å². The molecule has 8 heteroatoms. The van der Waals surface area contributed by atoms with Crippen molar-refractivity contribution >= 4 is 34.9 Å². The Labute approximate surface area is 169 Å². The number of ketones is 1. The highest BCUT2D eigenvalue weighted by atomic mass is 16.4. The predicted octanol–water partition coefficient (Wildman–Crippen LogP) is 2.66. The fourth-order valence-electron chi connectivity index (χ4n) is 3.27. The molecule has 0 spiro atoms. The van der Waals surface area contributed by atoms with Gasteiger partial charge in [-0.2, -0.15) is 0 Å². The number of piperazine rings is 1. The van der Waals surface area contributed by atoms with Gasteiger partial charge in [0.25, 0.3) is 0 Å². The summed E-state index contributed by atoms with van der Waals surface area (Å²) < 4.78 is 0. The second kappa shape index (κ2) is 8.72. The molecule has 0 bridgehead atoms. The Bertz CT molecular complexity index is 919. The summed E-state index contributed by atoms with van der Waals surface area (Å²) in [6.45, 7) is 5.90. The SMILES string of the molecule is CCC(=O)Nc1cnc(N2CCN(c3ccc(C(C)=O)cc3)CC2)c(C(=O)O)c1. The number of aromatic carboxylic acids is 1. The van der Waals surface area contributed by atoms with E-state index in [1.165, 1.54) is 12.3 Å². The summed E-state index contributed by atoms with van der Waals surface area (Å²) in [5.74, 6) is -0.839. The molecule has 1 fully saturated rings. The Balaban J connectivity index is 1.72. The van der Waals surface area contributed by atoms with Gasteiger partial charge in [0.05, 0.1) is 11.9 Å². The van der Waals surface area contributed by atoms with E-state index in [2.05, 4.69) is 15.2 Å². The number of carboxylic acid groups (broad SMARTS) is 1. The van der Waals surface area contributed by atoms with Crippen LogP contribution in [0.25, 0.3) is 0 Å². The maximum atomic E-state index is 11.7. The molecule has 1 saturated heterocycles. The lowest BCUT2D eigenvalue weighted by Crippen LogP contribution is -2.47. The van der Waals surface area contributed by atoms with Crippen molar-refractivity contribution in [3.63, 3.8) is 0 Å². The summed E-state index contributed by atoms with van der Waals surface area (Å²) in [6, 6.07) is 8.94. The number of hydrogen-bond donors (Lipinski definition) is 2. The number of aromatic nitrogens is 1. The Hall–Kier alpha value is -3.42. The number of pyridine rings is 1. The van der Waals surface area contributed by atoms with Gasteiger partial charge in [0.15, 0.2) is 5.78 Å². The van der Waals surface area contributed by atoms with E-state index in [9.17, 15) is 19.5 Å². The highest BCUT2D eigenvalue weighted by molar-refractivity contribution is 5.97. The van der Waals surface area contributed by atoms with Gasteiger partial charge in [-0.15, -0.1) is 0 Å². The van der Waals surface area contributed by atoms with E-state index in [0.29, 0.717) is 49.7 Å². The van der Waals surface area contributed by atoms with Crippen molar-refractivity contribution < 1.29 is 19.5 Å². The molecule has 152 valence electrons. The number of nitrogens with one attached hydrogen (secondary N) is 1. The number of hydrogen-bond acceptors (Lipinski definition) is 6. The molecule has 8 nitrogen and oxygen atoms in total. The average molecular weight is 396 g/mol. The maximum Gasteiger partial charge on any atom is 0.339 e. The standard InChI is InChI=1S/C21H24N4O4/c1-3-19(27)23-16-12-18(21(28)29)20(22-13-16)25-10-8-24(9-11-25)17-6-4-15(5-7-17)14(2)26/h4-7,12-13H,3,8-11H2,1-2H3,(H,23,27)(H,28,29). The van der Waals surface area contributed by atoms with Crippen LogP contribution in [0.2, 0.25) is 0 Å². The van der Waals surface area contributed by atoms with E-state index >= 15 is 0 Å². The zero-order valence-corrected chi connectivity index (χ0v) is 16.5. The van der Waals surface area contributed by atoms with Crippen LogP contribution in [0.3, 0.4) is 0 Å². The van der Waals surface area contributed by atoms with Gasteiger partial charge in [0.2, 0.25) is 5.91 Å². The summed E-state index contributed by atoms with van der Waals surface area (Å²) in [6.07, 6.45) is 1.79. The normalized spacial score (nSPS) is 13.9. The summed E-state index contributed by atoms with van der Waals surface area (Å²) in [5, 5.41) is 12.2. The van der Waals surface area contributed by atoms with Crippen LogP contribution in [-0.2, 0) is 4.79 Å². The number of carboxylic acids is 1. The Morgan fingerprint density at radius 1 is 1.07 bits per heavy atom. The molecule has 0 saturated carbocycles. The quantitative estimate of drug-likeness (QED) is 0.724. The van der Waals surface area contributed by atoms with Crippen molar-refractivity contribution in [3.8, 4) is 0 Å². The van der Waals surface area contributed by atoms with Crippen LogP contribution in [0.4, 0.5) is 17.2 Å². The molecule has 1 aliphatic rings. The summed E-state index contributed by atoms with van der Waals surface area (Å²) in [5.41, 5.74) is 2.15. The second-order valence-corrected chi connectivity index (χ2v) is 6.88. The molecule has 1 aliphatic heterocycles. The number of rotatable bonds is 6. The third-order valence-corrected chi connectivity index (χ3v) is 4.92. The van der Waals surface area contributed by atoms with Crippen molar-refractivity contribution in [2.24, 2.45) is 0 Å². The van der Waals surface area contributed by atoms with Gasteiger partial charge in [0, 0.05) is 43.9 Å². The fourth-order valence-corrected chi connectivity index (χ4v) is 3.27. The van der Waals surface area contributed by atoms with Crippen molar-refractivity contribution in [2.45, 2.75) is 20.3 Å². The number of Topliss-reactive ketones (excluding diaryl/α,β-unsaturated/α-hetero) is 1. The minimum atomic E-state index is -1.08. The smallest absolute Gasteiger partial charge is 0.339 e. The lowest BCUT2D eigenvalue weighted by molar-refractivity contribution is -0.115. The summed E-state index contributed by atoms with van der Waals surface area (Å²) in [4.78, 5) is 43.2. The fraction of sp³-hybridized carbons (Fsp3) is 0.333. The number of carbonyl (C=O) groups excluding carboxylic acids is 2. The van der Waals surface area contributed by atoms with Gasteiger partial charge in [-0.1, -0.05) is 6.92 Å². The van der Waals surface area contributed by atoms with E-state index in [1.807, 2.05) is 29.2 Å². The first-order valence-electron chi connectivity index (χ1n) is 9.53. The molecule has 2 aromatic rings. The molecule has 0 unspecified atom stereocenters. The van der Waals surface area contributed by atoms with Crippen LogP contribution in [0.15, 0.2) is 36.5 Å². The molecular weight excluding hydrogens is 372 g/mol. The lowest BCUT2D eigenvalue weighted by atomic mass is 10.1. The highest BCUT2D eigenvalue weighted by Crippen LogP contribution is 2.25. The molecule has 2 heterocycles. The van der Waals surface area contributed by atoms with Crippen LogP contribution in [0.1, 0.15) is 41.0 Å². The third-order valence-electron chi connectivity index (χ3n) is 4.92. The number of nitrogens with zero attached hydrogens (tertiary/aromatic N) is 3. The van der Waals surface area contributed by atoms with E-state index in [0.717, 1.165) is 5.69 Å².